The molecule has 1 aromatic heterocycles. The van der Waals surface area contributed by atoms with Crippen molar-refractivity contribution in [2.75, 3.05) is 6.61 Å². The van der Waals surface area contributed by atoms with Crippen LogP contribution in [0.4, 0.5) is 0 Å². The molecule has 4 atom stereocenters. The average molecular weight is 262 g/mol. The Kier molecular flexibility index (Phi) is 3.14. The molecule has 2 fully saturated rings. The summed E-state index contributed by atoms with van der Waals surface area (Å²) in [4.78, 5) is 25.9. The Hall–Kier alpha value is -1.62. The smallest absolute Gasteiger partial charge is 0.268 e. The lowest BCUT2D eigenvalue weighted by atomic mass is 9.65. The first-order chi connectivity index (χ1) is 9.20. The molecule has 5 nitrogen and oxygen atoms in total. The van der Waals surface area contributed by atoms with E-state index in [1.165, 1.54) is 6.07 Å². The molecule has 5 heteroatoms. The Morgan fingerprint density at radius 3 is 3.11 bits per heavy atom. The molecule has 0 aromatic carbocycles. The molecular formula is C14H18N2O3. The Morgan fingerprint density at radius 1 is 1.53 bits per heavy atom. The maximum absolute atomic E-state index is 12.1. The molecule has 2 heterocycles. The third kappa shape index (κ3) is 2.08. The second-order valence-corrected chi connectivity index (χ2v) is 5.29. The molecule has 1 aliphatic carbocycles. The van der Waals surface area contributed by atoms with Gasteiger partial charge >= 0.3 is 0 Å². The zero-order valence-corrected chi connectivity index (χ0v) is 10.9. The molecule has 1 aliphatic heterocycles. The summed E-state index contributed by atoms with van der Waals surface area (Å²) in [7, 11) is 0. The van der Waals surface area contributed by atoms with Gasteiger partial charge in [-0.3, -0.25) is 9.59 Å². The molecule has 2 aliphatic rings. The molecule has 102 valence electrons. The van der Waals surface area contributed by atoms with E-state index >= 15 is 0 Å². The summed E-state index contributed by atoms with van der Waals surface area (Å²) in [6, 6.07) is 4.79. The first kappa shape index (κ1) is 12.4. The number of pyridine rings is 1. The average Bonchev–Trinajstić information content (AvgIpc) is 2.81. The van der Waals surface area contributed by atoms with Crippen molar-refractivity contribution < 1.29 is 9.53 Å². The van der Waals surface area contributed by atoms with Crippen LogP contribution in [0.5, 0.6) is 0 Å². The standard InChI is InChI=1S/C14H18N2O3/c1-2-8-12(9-6-7-19-13(8)9)16-14(18)10-4-3-5-11(17)15-10/h3-5,8-9,12-13H,2,6-7H2,1H3,(H,15,17)(H,16,18)/t8-,9+,12-,13-/m1/s1. The van der Waals surface area contributed by atoms with Crippen LogP contribution in [0.25, 0.3) is 0 Å². The van der Waals surface area contributed by atoms with E-state index in [4.69, 9.17) is 4.74 Å². The van der Waals surface area contributed by atoms with E-state index in [1.54, 1.807) is 12.1 Å². The third-order valence-electron chi connectivity index (χ3n) is 4.31. The quantitative estimate of drug-likeness (QED) is 0.851. The van der Waals surface area contributed by atoms with Crippen molar-refractivity contribution in [1.82, 2.24) is 10.3 Å². The second kappa shape index (κ2) is 4.81. The second-order valence-electron chi connectivity index (χ2n) is 5.29. The number of H-pyrrole nitrogens is 1. The van der Waals surface area contributed by atoms with Crippen molar-refractivity contribution in [3.05, 3.63) is 34.2 Å². The van der Waals surface area contributed by atoms with E-state index < -0.39 is 0 Å². The Bertz CT molecular complexity index is 539. The topological polar surface area (TPSA) is 71.2 Å². The summed E-state index contributed by atoms with van der Waals surface area (Å²) in [6.45, 7) is 2.91. The lowest BCUT2D eigenvalue weighted by Gasteiger charge is -2.47. The fourth-order valence-electron chi connectivity index (χ4n) is 3.34. The minimum absolute atomic E-state index is 0.175. The van der Waals surface area contributed by atoms with E-state index in [1.807, 2.05) is 0 Å². The van der Waals surface area contributed by atoms with Crippen LogP contribution in [0.1, 0.15) is 30.3 Å². The SMILES string of the molecule is CC[C@@H]1[C@@H](NC(=O)c2cccc(=O)[nH]2)[C@@H]2CCO[C@H]12. The molecule has 2 N–H and O–H groups in total. The molecule has 0 spiro atoms. The van der Waals surface area contributed by atoms with Gasteiger partial charge in [-0.1, -0.05) is 13.0 Å². The number of nitrogens with one attached hydrogen (secondary N) is 2. The van der Waals surface area contributed by atoms with E-state index in [9.17, 15) is 9.59 Å². The van der Waals surface area contributed by atoms with Crippen molar-refractivity contribution in [1.29, 1.82) is 0 Å². The summed E-state index contributed by atoms with van der Waals surface area (Å²) >= 11 is 0. The number of carbonyl (C=O) groups excluding carboxylic acids is 1. The molecular weight excluding hydrogens is 244 g/mol. The molecule has 3 rings (SSSR count). The Balaban J connectivity index is 1.71. The van der Waals surface area contributed by atoms with Gasteiger partial charge in [-0.15, -0.1) is 0 Å². The molecule has 1 saturated heterocycles. The van der Waals surface area contributed by atoms with Crippen LogP contribution >= 0.6 is 0 Å². The van der Waals surface area contributed by atoms with Crippen molar-refractivity contribution in [2.45, 2.75) is 31.9 Å². The Labute approximate surface area is 111 Å². The first-order valence-electron chi connectivity index (χ1n) is 6.82. The number of ether oxygens (including phenoxy) is 1. The van der Waals surface area contributed by atoms with Gasteiger partial charge in [0.25, 0.3) is 5.91 Å². The molecule has 1 aromatic rings. The summed E-state index contributed by atoms with van der Waals surface area (Å²) in [5.41, 5.74) is 0.0695. The maximum Gasteiger partial charge on any atom is 0.268 e. The number of aromatic amines is 1. The van der Waals surface area contributed by atoms with E-state index in [-0.39, 0.29) is 17.5 Å². The highest BCUT2D eigenvalue weighted by Gasteiger charge is 2.53. The highest BCUT2D eigenvalue weighted by Crippen LogP contribution is 2.45. The van der Waals surface area contributed by atoms with Crippen molar-refractivity contribution in [3.8, 4) is 0 Å². The van der Waals surface area contributed by atoms with Crippen LogP contribution in [0.15, 0.2) is 23.0 Å². The van der Waals surface area contributed by atoms with Gasteiger partial charge in [0.2, 0.25) is 5.56 Å². The number of aromatic nitrogens is 1. The fraction of sp³-hybridized carbons (Fsp3) is 0.571. The van der Waals surface area contributed by atoms with Gasteiger partial charge in [0.15, 0.2) is 0 Å². The highest BCUT2D eigenvalue weighted by molar-refractivity contribution is 5.92. The van der Waals surface area contributed by atoms with Crippen molar-refractivity contribution >= 4 is 5.91 Å². The monoisotopic (exact) mass is 262 g/mol. The van der Waals surface area contributed by atoms with Gasteiger partial charge < -0.3 is 15.0 Å². The van der Waals surface area contributed by atoms with Crippen LogP contribution in [0, 0.1) is 11.8 Å². The van der Waals surface area contributed by atoms with Crippen LogP contribution in [-0.4, -0.2) is 29.6 Å². The highest BCUT2D eigenvalue weighted by atomic mass is 16.5. The van der Waals surface area contributed by atoms with Gasteiger partial charge in [0.1, 0.15) is 5.69 Å². The fourth-order valence-corrected chi connectivity index (χ4v) is 3.34. The summed E-state index contributed by atoms with van der Waals surface area (Å²) in [6.07, 6.45) is 2.32. The number of fused-ring (bicyclic) bond motifs is 1. The summed E-state index contributed by atoms with van der Waals surface area (Å²) < 4.78 is 5.68. The molecule has 19 heavy (non-hydrogen) atoms. The molecule has 1 saturated carbocycles. The maximum atomic E-state index is 12.1. The van der Waals surface area contributed by atoms with Gasteiger partial charge in [-0.2, -0.15) is 0 Å². The number of amides is 1. The van der Waals surface area contributed by atoms with Crippen LogP contribution in [-0.2, 0) is 4.74 Å². The van der Waals surface area contributed by atoms with E-state index in [0.29, 0.717) is 23.6 Å². The zero-order chi connectivity index (χ0) is 13.4. The lowest BCUT2D eigenvalue weighted by Crippen LogP contribution is -2.61. The summed E-state index contributed by atoms with van der Waals surface area (Å²) in [5.74, 6) is 0.628. The molecule has 1 amide bonds. The van der Waals surface area contributed by atoms with Gasteiger partial charge in [-0.25, -0.2) is 0 Å². The normalized spacial score (nSPS) is 32.5. The number of hydrogen-bond acceptors (Lipinski definition) is 3. The Morgan fingerprint density at radius 2 is 2.37 bits per heavy atom. The molecule has 0 unspecified atom stereocenters. The van der Waals surface area contributed by atoms with E-state index in [0.717, 1.165) is 19.4 Å². The largest absolute Gasteiger partial charge is 0.377 e. The van der Waals surface area contributed by atoms with Crippen LogP contribution in [0.3, 0.4) is 0 Å². The predicted octanol–water partition coefficient (Wildman–Crippen LogP) is 0.918. The number of carbonyl (C=O) groups is 1. The van der Waals surface area contributed by atoms with Gasteiger partial charge in [-0.05, 0) is 18.9 Å². The van der Waals surface area contributed by atoms with Gasteiger partial charge in [0.05, 0.1) is 6.10 Å². The minimum atomic E-state index is -0.254. The zero-order valence-electron chi connectivity index (χ0n) is 10.9. The number of hydrogen-bond donors (Lipinski definition) is 2. The lowest BCUT2D eigenvalue weighted by molar-refractivity contribution is -0.0545. The molecule has 0 bridgehead atoms. The summed E-state index contributed by atoms with van der Waals surface area (Å²) in [5, 5.41) is 3.04. The van der Waals surface area contributed by atoms with Crippen molar-refractivity contribution in [3.63, 3.8) is 0 Å². The van der Waals surface area contributed by atoms with Gasteiger partial charge in [0, 0.05) is 30.6 Å². The number of rotatable bonds is 3. The minimum Gasteiger partial charge on any atom is -0.377 e. The van der Waals surface area contributed by atoms with Crippen molar-refractivity contribution in [2.24, 2.45) is 11.8 Å². The first-order valence-corrected chi connectivity index (χ1v) is 6.82. The van der Waals surface area contributed by atoms with E-state index in [2.05, 4.69) is 17.2 Å². The predicted molar refractivity (Wildman–Crippen MR) is 69.9 cm³/mol. The third-order valence-corrected chi connectivity index (χ3v) is 4.31. The molecule has 0 radical (unpaired) electrons. The van der Waals surface area contributed by atoms with Crippen LogP contribution < -0.4 is 10.9 Å². The van der Waals surface area contributed by atoms with Crippen LogP contribution in [0.2, 0.25) is 0 Å².